The van der Waals surface area contributed by atoms with Crippen LogP contribution in [-0.2, 0) is 30.6 Å². The van der Waals surface area contributed by atoms with Gasteiger partial charge in [-0.2, -0.15) is 6.42 Å². The minimum Gasteiger partial charge on any atom is -0.465 e. The number of carbonyl (C=O) groups is 1. The van der Waals surface area contributed by atoms with Crippen molar-refractivity contribution in [3.8, 4) is 0 Å². The van der Waals surface area contributed by atoms with Crippen molar-refractivity contribution in [2.45, 2.75) is 300 Å². The summed E-state index contributed by atoms with van der Waals surface area (Å²) in [7, 11) is 4.18. The van der Waals surface area contributed by atoms with E-state index in [-0.39, 0.29) is 39.1 Å². The first kappa shape index (κ1) is 72.6. The second-order valence-electron chi connectivity index (χ2n) is 18.0. The van der Waals surface area contributed by atoms with E-state index in [2.05, 4.69) is 86.6 Å². The number of hydrogen-bond donors (Lipinski definition) is 2. The molecule has 0 aliphatic heterocycles. The van der Waals surface area contributed by atoms with Crippen LogP contribution < -0.4 is 5.32 Å². The first-order valence-corrected chi connectivity index (χ1v) is 27.1. The molecule has 0 saturated heterocycles. The number of ether oxygens (including phenoxy) is 1. The minimum absolute atomic E-state index is 0. The van der Waals surface area contributed by atoms with E-state index in [0.717, 1.165) is 64.6 Å². The Morgan fingerprint density at radius 1 is 0.492 bits per heavy atom. The molecule has 5 nitrogen and oxygen atoms in total. The van der Waals surface area contributed by atoms with Crippen LogP contribution >= 0.6 is 0 Å². The molecule has 0 spiro atoms. The van der Waals surface area contributed by atoms with E-state index in [1.165, 1.54) is 186 Å². The molecule has 0 aromatic carbocycles. The molecule has 0 aromatic rings. The predicted octanol–water partition coefficient (Wildman–Crippen LogP) is 17.7. The molecule has 2 atom stereocenters. The summed E-state index contributed by atoms with van der Waals surface area (Å²) in [4.78, 5) is 13.9. The summed E-state index contributed by atoms with van der Waals surface area (Å²) in [5.41, 5.74) is 0. The number of nitrogens with zero attached hydrogens (tertiary/aromatic N) is 1. The van der Waals surface area contributed by atoms with Crippen LogP contribution in [-0.4, -0.2) is 62.4 Å². The number of aliphatic hydroxyl groups is 1. The molecular formula is C55H119N2O3W-. The predicted molar refractivity (Wildman–Crippen MR) is 275 cm³/mol. The smallest absolute Gasteiger partial charge is 0.308 e. The molecular weight excluding hydrogens is 920 g/mol. The summed E-state index contributed by atoms with van der Waals surface area (Å²) in [6.07, 6.45) is 46.1. The SMILES string of the molecule is CCCC.CCCCCC(C)C(=O)OCCCCCCNCCN(C)C.CCCCCCCC.CCCCCCCCCC(O)CCCCCCC.[CH2-]CCCCCCC.[W]. The number of unbranched alkanes of at least 4 members (excludes halogenated alkanes) is 26. The molecule has 61 heavy (non-hydrogen) atoms. The van der Waals surface area contributed by atoms with Crippen LogP contribution in [0.15, 0.2) is 0 Å². The Kier molecular flexibility index (Phi) is 85.3. The first-order chi connectivity index (χ1) is 29.1. The average Bonchev–Trinajstić information content (AvgIpc) is 3.25. The maximum absolute atomic E-state index is 11.8. The number of rotatable bonds is 40. The third-order valence-electron chi connectivity index (χ3n) is 11.0. The first-order valence-electron chi connectivity index (χ1n) is 27.1. The Bertz CT molecular complexity index is 670. The van der Waals surface area contributed by atoms with Crippen LogP contribution in [0.25, 0.3) is 0 Å². The number of aliphatic hydroxyl groups excluding tert-OH is 1. The Morgan fingerprint density at radius 3 is 1.23 bits per heavy atom. The van der Waals surface area contributed by atoms with E-state index < -0.39 is 0 Å². The van der Waals surface area contributed by atoms with E-state index in [0.29, 0.717) is 6.61 Å². The average molecular weight is 1040 g/mol. The van der Waals surface area contributed by atoms with Crippen molar-refractivity contribution in [2.24, 2.45) is 5.92 Å². The Hall–Kier alpha value is 0.0383. The molecule has 0 rings (SSSR count). The third kappa shape index (κ3) is 84.1. The van der Waals surface area contributed by atoms with Crippen molar-refractivity contribution >= 4 is 5.97 Å². The number of nitrogens with one attached hydrogen (secondary N) is 1. The number of carbonyl (C=O) groups excluding carboxylic acids is 1. The van der Waals surface area contributed by atoms with Crippen molar-refractivity contribution in [1.29, 1.82) is 0 Å². The number of likely N-dealkylation sites (N-methyl/N-ethyl adjacent to an activating group) is 1. The van der Waals surface area contributed by atoms with Gasteiger partial charge < -0.3 is 27.0 Å². The summed E-state index contributed by atoms with van der Waals surface area (Å²) < 4.78 is 5.35. The van der Waals surface area contributed by atoms with E-state index in [1.54, 1.807) is 0 Å². The zero-order valence-corrected chi connectivity index (χ0v) is 47.2. The molecule has 374 valence electrons. The second-order valence-corrected chi connectivity index (χ2v) is 18.0. The summed E-state index contributed by atoms with van der Waals surface area (Å²) in [5, 5.41) is 13.3. The maximum Gasteiger partial charge on any atom is 0.308 e. The van der Waals surface area contributed by atoms with E-state index in [1.807, 2.05) is 6.92 Å². The van der Waals surface area contributed by atoms with Gasteiger partial charge in [-0.15, -0.1) is 0 Å². The molecule has 0 heterocycles. The van der Waals surface area contributed by atoms with Gasteiger partial charge in [-0.25, -0.2) is 0 Å². The van der Waals surface area contributed by atoms with Crippen LogP contribution in [0, 0.1) is 12.8 Å². The Balaban J connectivity index is -0.000000172. The van der Waals surface area contributed by atoms with Gasteiger partial charge in [0.05, 0.1) is 18.6 Å². The van der Waals surface area contributed by atoms with Crippen LogP contribution in [0.1, 0.15) is 293 Å². The molecule has 0 fully saturated rings. The molecule has 0 aliphatic rings. The van der Waals surface area contributed by atoms with Gasteiger partial charge in [0, 0.05) is 34.2 Å². The second kappa shape index (κ2) is 71.7. The summed E-state index contributed by atoms with van der Waals surface area (Å²) in [6, 6.07) is 0. The van der Waals surface area contributed by atoms with Gasteiger partial charge in [0.25, 0.3) is 0 Å². The quantitative estimate of drug-likeness (QED) is 0.0364. The molecule has 0 amide bonds. The molecule has 0 bridgehead atoms. The molecule has 2 N–H and O–H groups in total. The monoisotopic (exact) mass is 1040 g/mol. The molecule has 0 aliphatic carbocycles. The number of hydrogen-bond acceptors (Lipinski definition) is 5. The van der Waals surface area contributed by atoms with Crippen LogP contribution in [0.3, 0.4) is 0 Å². The standard InChI is InChI=1S/C18H38N2O2.C17H36O.C8H18.C8H17.C4H10.W/c1-5-6-9-12-17(2)18(21)22-16-11-8-7-10-13-19-14-15-20(3)4;1-3-5-7-9-10-12-14-16-17(18)15-13-11-8-6-4-2;2*1-3-5-7-8-6-4-2;1-3-4-2;/h17,19H,5-16H2,1-4H3;17-18H,3-16H2,1-2H3;3-8H2,1-2H3;1,3-8H2,2H3;3-4H2,1-2H3;/q;;;-1;;. The fourth-order valence-corrected chi connectivity index (χ4v) is 6.37. The van der Waals surface area contributed by atoms with Crippen LogP contribution in [0.4, 0.5) is 0 Å². The Morgan fingerprint density at radius 2 is 0.836 bits per heavy atom. The van der Waals surface area contributed by atoms with Gasteiger partial charge in [0.15, 0.2) is 0 Å². The fourth-order valence-electron chi connectivity index (χ4n) is 6.37. The normalized spacial score (nSPS) is 11.4. The van der Waals surface area contributed by atoms with Crippen molar-refractivity contribution in [1.82, 2.24) is 10.2 Å². The maximum atomic E-state index is 11.8. The van der Waals surface area contributed by atoms with E-state index in [4.69, 9.17) is 4.74 Å². The number of esters is 1. The molecule has 2 unspecified atom stereocenters. The Labute approximate surface area is 402 Å². The zero-order valence-electron chi connectivity index (χ0n) is 44.3. The van der Waals surface area contributed by atoms with E-state index >= 15 is 0 Å². The van der Waals surface area contributed by atoms with E-state index in [9.17, 15) is 9.90 Å². The summed E-state index contributed by atoms with van der Waals surface area (Å²) in [5.74, 6) is 0.0499. The molecule has 0 aromatic heterocycles. The van der Waals surface area contributed by atoms with Gasteiger partial charge in [-0.3, -0.25) is 4.79 Å². The van der Waals surface area contributed by atoms with Gasteiger partial charge in [-0.1, -0.05) is 255 Å². The minimum atomic E-state index is -0.0257. The van der Waals surface area contributed by atoms with Crippen molar-refractivity contribution in [2.75, 3.05) is 40.3 Å². The van der Waals surface area contributed by atoms with Crippen molar-refractivity contribution in [3.05, 3.63) is 6.92 Å². The molecule has 0 saturated carbocycles. The van der Waals surface area contributed by atoms with Crippen molar-refractivity contribution < 1.29 is 35.7 Å². The zero-order chi connectivity index (χ0) is 46.0. The third-order valence-corrected chi connectivity index (χ3v) is 11.0. The van der Waals surface area contributed by atoms with Gasteiger partial charge >= 0.3 is 5.97 Å². The largest absolute Gasteiger partial charge is 0.465 e. The molecule has 0 radical (unpaired) electrons. The van der Waals surface area contributed by atoms with Crippen LogP contribution in [0.2, 0.25) is 0 Å². The van der Waals surface area contributed by atoms with Crippen molar-refractivity contribution in [3.63, 3.8) is 0 Å². The van der Waals surface area contributed by atoms with Gasteiger partial charge in [0.1, 0.15) is 0 Å². The summed E-state index contributed by atoms with van der Waals surface area (Å²) >= 11 is 0. The van der Waals surface area contributed by atoms with Gasteiger partial charge in [-0.05, 0) is 52.7 Å². The van der Waals surface area contributed by atoms with Gasteiger partial charge in [0.2, 0.25) is 0 Å². The fraction of sp³-hybridized carbons (Fsp3) is 0.964. The molecule has 6 heteroatoms. The summed E-state index contributed by atoms with van der Waals surface area (Å²) in [6.45, 7) is 27.4. The topological polar surface area (TPSA) is 61.8 Å². The van der Waals surface area contributed by atoms with Crippen LogP contribution in [0.5, 0.6) is 0 Å².